The Morgan fingerprint density at radius 1 is 1.21 bits per heavy atom. The molecule has 2 aliphatic heterocycles. The highest BCUT2D eigenvalue weighted by Crippen LogP contribution is 2.41. The number of imidazole rings is 1. The number of aromatic nitrogens is 2. The van der Waals surface area contributed by atoms with E-state index in [2.05, 4.69) is 20.2 Å². The zero-order chi connectivity index (χ0) is 17.9. The summed E-state index contributed by atoms with van der Waals surface area (Å²) in [4.78, 5) is 36.3. The molecule has 2 saturated heterocycles. The number of carbonyl (C=O) groups excluding carboxylic acids is 2. The first kappa shape index (κ1) is 23.0. The summed E-state index contributed by atoms with van der Waals surface area (Å²) in [5, 5.41) is 3.24. The molecule has 3 aliphatic rings. The van der Waals surface area contributed by atoms with Crippen LogP contribution in [-0.4, -0.2) is 63.8 Å². The van der Waals surface area contributed by atoms with Gasteiger partial charge in [-0.25, -0.2) is 4.98 Å². The van der Waals surface area contributed by atoms with Crippen LogP contribution in [0.1, 0.15) is 44.3 Å². The Hall–Kier alpha value is -1.31. The van der Waals surface area contributed by atoms with Gasteiger partial charge in [0.05, 0.1) is 13.1 Å². The molecule has 28 heavy (non-hydrogen) atoms. The number of rotatable bonds is 6. The number of hydrogen-bond acceptors (Lipinski definition) is 4. The molecule has 0 spiro atoms. The number of carbonyl (C=O) groups is 2. The van der Waals surface area contributed by atoms with Gasteiger partial charge >= 0.3 is 0 Å². The zero-order valence-electron chi connectivity index (χ0n) is 16.1. The molecule has 158 valence electrons. The van der Waals surface area contributed by atoms with Gasteiger partial charge < -0.3 is 15.2 Å². The molecule has 7 nitrogen and oxygen atoms in total. The van der Waals surface area contributed by atoms with Gasteiger partial charge in [0.25, 0.3) is 0 Å². The summed E-state index contributed by atoms with van der Waals surface area (Å²) in [5.41, 5.74) is 0. The Labute approximate surface area is 178 Å². The molecule has 9 heteroatoms. The van der Waals surface area contributed by atoms with E-state index in [4.69, 9.17) is 0 Å². The summed E-state index contributed by atoms with van der Waals surface area (Å²) in [6.45, 7) is 3.60. The number of H-pyrrole nitrogens is 1. The van der Waals surface area contributed by atoms with Crippen LogP contribution < -0.4 is 5.32 Å². The van der Waals surface area contributed by atoms with Crippen molar-refractivity contribution in [3.63, 3.8) is 0 Å². The van der Waals surface area contributed by atoms with Crippen LogP contribution in [0.4, 0.5) is 0 Å². The van der Waals surface area contributed by atoms with E-state index in [1.165, 1.54) is 12.8 Å². The molecule has 1 aliphatic carbocycles. The lowest BCUT2D eigenvalue weighted by molar-refractivity contribution is -0.135. The van der Waals surface area contributed by atoms with E-state index in [0.29, 0.717) is 18.9 Å². The van der Waals surface area contributed by atoms with E-state index >= 15 is 0 Å². The van der Waals surface area contributed by atoms with Crippen molar-refractivity contribution in [2.75, 3.05) is 26.2 Å². The maximum absolute atomic E-state index is 12.6. The molecule has 4 rings (SSSR count). The van der Waals surface area contributed by atoms with Crippen LogP contribution in [-0.2, 0) is 16.1 Å². The fourth-order valence-electron chi connectivity index (χ4n) is 4.42. The highest BCUT2D eigenvalue weighted by atomic mass is 35.5. The van der Waals surface area contributed by atoms with E-state index in [-0.39, 0.29) is 49.2 Å². The van der Waals surface area contributed by atoms with E-state index in [1.807, 2.05) is 6.20 Å². The van der Waals surface area contributed by atoms with Gasteiger partial charge in [0.2, 0.25) is 11.8 Å². The minimum atomic E-state index is -0.00394. The molecule has 2 atom stereocenters. The number of nitrogens with one attached hydrogen (secondary N) is 2. The SMILES string of the molecule is Cl.Cl.O=C(CN1CCCCCC1=O)N[C@H]1CN(Cc2ncc[nH]2)C[C@@H]1C1CC1. The quantitative estimate of drug-likeness (QED) is 0.721. The van der Waals surface area contributed by atoms with Crippen LogP contribution in [0.2, 0.25) is 0 Å². The minimum absolute atomic E-state index is 0. The van der Waals surface area contributed by atoms with Crippen molar-refractivity contribution in [1.29, 1.82) is 0 Å². The van der Waals surface area contributed by atoms with E-state index in [1.54, 1.807) is 11.1 Å². The lowest BCUT2D eigenvalue weighted by atomic mass is 9.98. The van der Waals surface area contributed by atoms with Crippen LogP contribution in [0.5, 0.6) is 0 Å². The number of amides is 2. The van der Waals surface area contributed by atoms with Gasteiger partial charge in [-0.1, -0.05) is 6.42 Å². The van der Waals surface area contributed by atoms with Crippen molar-refractivity contribution in [2.45, 2.75) is 51.1 Å². The smallest absolute Gasteiger partial charge is 0.239 e. The van der Waals surface area contributed by atoms with E-state index < -0.39 is 0 Å². The number of halogens is 2. The molecule has 3 heterocycles. The predicted octanol–water partition coefficient (Wildman–Crippen LogP) is 1.98. The topological polar surface area (TPSA) is 81.3 Å². The van der Waals surface area contributed by atoms with E-state index in [9.17, 15) is 9.59 Å². The lowest BCUT2D eigenvalue weighted by Crippen LogP contribution is -2.47. The maximum Gasteiger partial charge on any atom is 0.239 e. The Morgan fingerprint density at radius 3 is 2.75 bits per heavy atom. The second-order valence-corrected chi connectivity index (χ2v) is 8.03. The molecule has 0 aromatic carbocycles. The van der Waals surface area contributed by atoms with Crippen molar-refractivity contribution in [2.24, 2.45) is 11.8 Å². The number of likely N-dealkylation sites (tertiary alicyclic amines) is 2. The lowest BCUT2D eigenvalue weighted by Gasteiger charge is -2.23. The van der Waals surface area contributed by atoms with Crippen molar-refractivity contribution in [3.8, 4) is 0 Å². The Bertz CT molecular complexity index is 638. The normalized spacial score (nSPS) is 25.6. The highest BCUT2D eigenvalue weighted by molar-refractivity contribution is 5.86. The maximum atomic E-state index is 12.6. The molecule has 1 aromatic rings. The number of nitrogens with zero attached hydrogens (tertiary/aromatic N) is 3. The molecule has 2 amide bonds. The second kappa shape index (κ2) is 10.5. The van der Waals surface area contributed by atoms with Crippen LogP contribution in [0.25, 0.3) is 0 Å². The summed E-state index contributed by atoms with van der Waals surface area (Å²) in [5.74, 6) is 2.36. The van der Waals surface area contributed by atoms with Gasteiger partial charge in [-0.05, 0) is 37.5 Å². The van der Waals surface area contributed by atoms with Crippen LogP contribution in [0.15, 0.2) is 12.4 Å². The van der Waals surface area contributed by atoms with Gasteiger partial charge in [0.1, 0.15) is 5.82 Å². The van der Waals surface area contributed by atoms with Crippen molar-refractivity contribution in [1.82, 2.24) is 25.1 Å². The molecule has 1 saturated carbocycles. The van der Waals surface area contributed by atoms with Gasteiger partial charge in [-0.15, -0.1) is 24.8 Å². The average molecular weight is 432 g/mol. The minimum Gasteiger partial charge on any atom is -0.350 e. The fourth-order valence-corrected chi connectivity index (χ4v) is 4.42. The summed E-state index contributed by atoms with van der Waals surface area (Å²) in [7, 11) is 0. The summed E-state index contributed by atoms with van der Waals surface area (Å²) in [6, 6.07) is 0.187. The van der Waals surface area contributed by atoms with E-state index in [0.717, 1.165) is 50.6 Å². The first-order valence-corrected chi connectivity index (χ1v) is 9.97. The molecule has 2 N–H and O–H groups in total. The number of hydrogen-bond donors (Lipinski definition) is 2. The zero-order valence-corrected chi connectivity index (χ0v) is 17.8. The third-order valence-electron chi connectivity index (χ3n) is 5.95. The van der Waals surface area contributed by atoms with Crippen molar-refractivity contribution in [3.05, 3.63) is 18.2 Å². The fraction of sp³-hybridized carbons (Fsp3) is 0.737. The van der Waals surface area contributed by atoms with Gasteiger partial charge in [-0.3, -0.25) is 14.5 Å². The number of aromatic amines is 1. The predicted molar refractivity (Wildman–Crippen MR) is 112 cm³/mol. The molecular weight excluding hydrogens is 401 g/mol. The van der Waals surface area contributed by atoms with Crippen LogP contribution in [0, 0.1) is 11.8 Å². The molecule has 0 radical (unpaired) electrons. The molecule has 1 aromatic heterocycles. The van der Waals surface area contributed by atoms with Crippen LogP contribution >= 0.6 is 24.8 Å². The first-order valence-electron chi connectivity index (χ1n) is 9.97. The molecule has 3 fully saturated rings. The summed E-state index contributed by atoms with van der Waals surface area (Å²) < 4.78 is 0. The Morgan fingerprint density at radius 2 is 2.04 bits per heavy atom. The second-order valence-electron chi connectivity index (χ2n) is 8.03. The third-order valence-corrected chi connectivity index (χ3v) is 5.95. The first-order chi connectivity index (χ1) is 12.7. The molecule has 0 unspecified atom stereocenters. The highest BCUT2D eigenvalue weighted by Gasteiger charge is 2.43. The molecule has 0 bridgehead atoms. The Kier molecular flexibility index (Phi) is 8.58. The third kappa shape index (κ3) is 5.84. The van der Waals surface area contributed by atoms with Gasteiger partial charge in [0.15, 0.2) is 0 Å². The van der Waals surface area contributed by atoms with Gasteiger partial charge in [-0.2, -0.15) is 0 Å². The summed E-state index contributed by atoms with van der Waals surface area (Å²) >= 11 is 0. The Balaban J connectivity index is 0.00000140. The standard InChI is InChI=1S/C19H29N5O2.2ClH/c25-18(13-24-9-3-1-2-4-19(24)26)22-16-11-23(10-15(16)14-5-6-14)12-17-20-7-8-21-17;;/h7-8,14-16H,1-6,9-13H2,(H,20,21)(H,22,25);2*1H/t15-,16+;;/m1../s1. The summed E-state index contributed by atoms with van der Waals surface area (Å²) in [6.07, 6.45) is 9.79. The van der Waals surface area contributed by atoms with Crippen molar-refractivity contribution >= 4 is 36.6 Å². The largest absolute Gasteiger partial charge is 0.350 e. The van der Waals surface area contributed by atoms with Crippen molar-refractivity contribution < 1.29 is 9.59 Å². The average Bonchev–Trinajstić information content (AvgIpc) is 3.26. The van der Waals surface area contributed by atoms with Crippen LogP contribution in [0.3, 0.4) is 0 Å². The monoisotopic (exact) mass is 431 g/mol. The molecular formula is C19H31Cl2N5O2. The van der Waals surface area contributed by atoms with Gasteiger partial charge in [0, 0.05) is 44.5 Å².